The Balaban J connectivity index is 1.51. The molecule has 1 saturated carbocycles. The third kappa shape index (κ3) is 3.46. The van der Waals surface area contributed by atoms with E-state index in [4.69, 9.17) is 4.98 Å². The van der Waals surface area contributed by atoms with Crippen LogP contribution < -0.4 is 5.32 Å². The van der Waals surface area contributed by atoms with Gasteiger partial charge < -0.3 is 15.0 Å². The number of carbonyl (C=O) groups excluding carboxylic acids is 1. The molecular formula is C22H23N5O2S. The van der Waals surface area contributed by atoms with Gasteiger partial charge in [-0.05, 0) is 36.6 Å². The lowest BCUT2D eigenvalue weighted by Crippen LogP contribution is -2.36. The van der Waals surface area contributed by atoms with E-state index >= 15 is 0 Å². The lowest BCUT2D eigenvalue weighted by molar-refractivity contribution is 0.100. The fraction of sp³-hybridized carbons (Fsp3) is 0.364. The van der Waals surface area contributed by atoms with Crippen LogP contribution in [0.1, 0.15) is 48.8 Å². The summed E-state index contributed by atoms with van der Waals surface area (Å²) in [6.45, 7) is 1.99. The molecule has 3 aromatic heterocycles. The number of benzene rings is 1. The van der Waals surface area contributed by atoms with E-state index in [1.807, 2.05) is 28.8 Å². The number of imidazole rings is 1. The van der Waals surface area contributed by atoms with Crippen molar-refractivity contribution in [3.8, 4) is 0 Å². The number of hydrogen-bond donors (Lipinski definition) is 2. The Morgan fingerprint density at radius 3 is 2.93 bits per heavy atom. The Labute approximate surface area is 177 Å². The van der Waals surface area contributed by atoms with Gasteiger partial charge >= 0.3 is 0 Å². The molecule has 0 amide bonds. The lowest BCUT2D eigenvalue weighted by Gasteiger charge is -2.28. The Morgan fingerprint density at radius 2 is 2.10 bits per heavy atom. The van der Waals surface area contributed by atoms with Crippen molar-refractivity contribution in [3.63, 3.8) is 0 Å². The molecule has 2 atom stereocenters. The minimum absolute atomic E-state index is 0.0499. The van der Waals surface area contributed by atoms with E-state index in [0.29, 0.717) is 23.5 Å². The Bertz CT molecular complexity index is 1230. The summed E-state index contributed by atoms with van der Waals surface area (Å²) >= 11 is 1.59. The van der Waals surface area contributed by atoms with Gasteiger partial charge in [-0.1, -0.05) is 36.3 Å². The molecule has 0 radical (unpaired) electrons. The second-order valence-corrected chi connectivity index (χ2v) is 8.84. The van der Waals surface area contributed by atoms with Gasteiger partial charge in [0.25, 0.3) is 0 Å². The van der Waals surface area contributed by atoms with Crippen LogP contribution in [0.3, 0.4) is 0 Å². The number of aliphatic hydroxyl groups excluding tert-OH is 1. The predicted molar refractivity (Wildman–Crippen MR) is 118 cm³/mol. The first-order valence-electron chi connectivity index (χ1n) is 10.3. The maximum Gasteiger partial charge on any atom is 0.195 e. The average molecular weight is 422 g/mol. The third-order valence-corrected chi connectivity index (χ3v) is 6.64. The SMILES string of the molecule is CC(=O)c1nc2cccnc2n1Cc1cccc2sc(NC3CCCCC3O)nc12. The number of Topliss-reactive ketones (excluding diaryl/α,β-unsaturated/α-hetero) is 1. The number of nitrogens with one attached hydrogen (secondary N) is 1. The second kappa shape index (κ2) is 7.77. The normalized spacial score (nSPS) is 19.4. The summed E-state index contributed by atoms with van der Waals surface area (Å²) in [6.07, 6.45) is 5.38. The molecular weight excluding hydrogens is 398 g/mol. The first-order valence-corrected chi connectivity index (χ1v) is 11.1. The number of rotatable bonds is 5. The van der Waals surface area contributed by atoms with Gasteiger partial charge in [0.05, 0.1) is 28.9 Å². The molecule has 0 spiro atoms. The Kier molecular flexibility index (Phi) is 4.96. The molecule has 2 unspecified atom stereocenters. The van der Waals surface area contributed by atoms with Gasteiger partial charge in [-0.25, -0.2) is 15.0 Å². The summed E-state index contributed by atoms with van der Waals surface area (Å²) in [4.78, 5) is 25.9. The summed E-state index contributed by atoms with van der Waals surface area (Å²) in [5, 5.41) is 14.5. The molecule has 30 heavy (non-hydrogen) atoms. The van der Waals surface area contributed by atoms with E-state index in [2.05, 4.69) is 21.4 Å². The number of aliphatic hydroxyl groups is 1. The van der Waals surface area contributed by atoms with E-state index in [-0.39, 0.29) is 17.9 Å². The largest absolute Gasteiger partial charge is 0.391 e. The molecule has 1 fully saturated rings. The first kappa shape index (κ1) is 19.1. The van der Waals surface area contributed by atoms with Crippen LogP contribution in [-0.4, -0.2) is 42.6 Å². The summed E-state index contributed by atoms with van der Waals surface area (Å²) < 4.78 is 2.94. The number of fused-ring (bicyclic) bond motifs is 2. The van der Waals surface area contributed by atoms with Crippen molar-refractivity contribution in [2.75, 3.05) is 5.32 Å². The molecule has 8 heteroatoms. The van der Waals surface area contributed by atoms with Crippen LogP contribution in [0.2, 0.25) is 0 Å². The van der Waals surface area contributed by atoms with Crippen molar-refractivity contribution in [3.05, 3.63) is 47.9 Å². The first-order chi connectivity index (χ1) is 14.6. The van der Waals surface area contributed by atoms with Crippen molar-refractivity contribution < 1.29 is 9.90 Å². The Hall–Kier alpha value is -2.84. The molecule has 1 aliphatic carbocycles. The van der Waals surface area contributed by atoms with E-state index in [1.165, 1.54) is 6.92 Å². The molecule has 7 nitrogen and oxygen atoms in total. The smallest absolute Gasteiger partial charge is 0.195 e. The number of carbonyl (C=O) groups is 1. The van der Waals surface area contributed by atoms with Gasteiger partial charge in [-0.15, -0.1) is 0 Å². The average Bonchev–Trinajstić information content (AvgIpc) is 3.32. The molecule has 5 rings (SSSR count). The van der Waals surface area contributed by atoms with Crippen LogP contribution in [0.5, 0.6) is 0 Å². The molecule has 1 aliphatic rings. The van der Waals surface area contributed by atoms with Crippen molar-refractivity contribution in [2.24, 2.45) is 0 Å². The highest BCUT2D eigenvalue weighted by atomic mass is 32.1. The topological polar surface area (TPSA) is 92.9 Å². The minimum atomic E-state index is -0.327. The van der Waals surface area contributed by atoms with Crippen LogP contribution in [0.25, 0.3) is 21.4 Å². The number of ketones is 1. The van der Waals surface area contributed by atoms with Crippen molar-refractivity contribution in [1.82, 2.24) is 19.5 Å². The van der Waals surface area contributed by atoms with E-state index in [1.54, 1.807) is 17.5 Å². The van der Waals surface area contributed by atoms with Crippen molar-refractivity contribution in [2.45, 2.75) is 51.3 Å². The highest BCUT2D eigenvalue weighted by molar-refractivity contribution is 7.22. The van der Waals surface area contributed by atoms with Gasteiger partial charge in [0.2, 0.25) is 0 Å². The molecule has 0 aliphatic heterocycles. The standard InChI is InChI=1S/C22H23N5O2S/c1-13(28)20-24-16-8-5-11-23-21(16)27(20)12-14-6-4-10-18-19(14)26-22(30-18)25-15-7-2-3-9-17(15)29/h4-6,8,10-11,15,17,29H,2-3,7,9,12H2,1H3,(H,25,26). The lowest BCUT2D eigenvalue weighted by atomic mass is 9.93. The van der Waals surface area contributed by atoms with Crippen molar-refractivity contribution in [1.29, 1.82) is 0 Å². The number of nitrogens with zero attached hydrogens (tertiary/aromatic N) is 4. The van der Waals surface area contributed by atoms with Gasteiger partial charge in [0.15, 0.2) is 22.4 Å². The van der Waals surface area contributed by atoms with Gasteiger partial charge in [0.1, 0.15) is 5.52 Å². The summed E-state index contributed by atoms with van der Waals surface area (Å²) in [6, 6.07) is 9.83. The molecule has 4 aromatic rings. The van der Waals surface area contributed by atoms with Crippen molar-refractivity contribution >= 4 is 43.6 Å². The summed E-state index contributed by atoms with van der Waals surface area (Å²) in [5.74, 6) is 0.312. The molecule has 0 bridgehead atoms. The fourth-order valence-electron chi connectivity index (χ4n) is 4.18. The number of pyridine rings is 1. The maximum absolute atomic E-state index is 12.2. The Morgan fingerprint density at radius 1 is 1.23 bits per heavy atom. The predicted octanol–water partition coefficient (Wildman–Crippen LogP) is 4.01. The number of aromatic nitrogens is 4. The highest BCUT2D eigenvalue weighted by Gasteiger charge is 2.24. The molecule has 154 valence electrons. The van der Waals surface area contributed by atoms with Gasteiger partial charge in [0, 0.05) is 13.1 Å². The number of thiazole rings is 1. The van der Waals surface area contributed by atoms with Crippen LogP contribution in [0.4, 0.5) is 5.13 Å². The van der Waals surface area contributed by atoms with Crippen LogP contribution in [0.15, 0.2) is 36.5 Å². The zero-order chi connectivity index (χ0) is 20.7. The second-order valence-electron chi connectivity index (χ2n) is 7.81. The maximum atomic E-state index is 12.2. The fourth-order valence-corrected chi connectivity index (χ4v) is 5.16. The highest BCUT2D eigenvalue weighted by Crippen LogP contribution is 2.31. The number of para-hydroxylation sites is 1. The molecule has 0 saturated heterocycles. The third-order valence-electron chi connectivity index (χ3n) is 5.69. The zero-order valence-electron chi connectivity index (χ0n) is 16.7. The van der Waals surface area contributed by atoms with Gasteiger partial charge in [-0.2, -0.15) is 0 Å². The number of hydrogen-bond acceptors (Lipinski definition) is 7. The molecule has 1 aromatic carbocycles. The van der Waals surface area contributed by atoms with Crippen LogP contribution >= 0.6 is 11.3 Å². The van der Waals surface area contributed by atoms with Gasteiger partial charge in [-0.3, -0.25) is 4.79 Å². The molecule has 3 heterocycles. The van der Waals surface area contributed by atoms with E-state index < -0.39 is 0 Å². The zero-order valence-corrected chi connectivity index (χ0v) is 17.5. The number of anilines is 1. The molecule has 2 N–H and O–H groups in total. The van der Waals surface area contributed by atoms with Crippen LogP contribution in [-0.2, 0) is 6.54 Å². The van der Waals surface area contributed by atoms with E-state index in [0.717, 1.165) is 46.6 Å². The summed E-state index contributed by atoms with van der Waals surface area (Å²) in [7, 11) is 0. The monoisotopic (exact) mass is 421 g/mol. The van der Waals surface area contributed by atoms with E-state index in [9.17, 15) is 9.90 Å². The van der Waals surface area contributed by atoms with Crippen LogP contribution in [0, 0.1) is 0 Å². The quantitative estimate of drug-likeness (QED) is 0.473. The summed E-state index contributed by atoms with van der Waals surface area (Å²) in [5.41, 5.74) is 3.32. The minimum Gasteiger partial charge on any atom is -0.391 e.